The van der Waals surface area contributed by atoms with E-state index in [9.17, 15) is 9.59 Å². The maximum atomic E-state index is 11.7. The molecule has 1 aromatic heterocycles. The van der Waals surface area contributed by atoms with Gasteiger partial charge in [0.05, 0.1) is 0 Å². The minimum absolute atomic E-state index is 0.206. The molecule has 1 heterocycles. The van der Waals surface area contributed by atoms with Gasteiger partial charge in [-0.05, 0) is 50.0 Å². The summed E-state index contributed by atoms with van der Waals surface area (Å²) in [7, 11) is 0. The summed E-state index contributed by atoms with van der Waals surface area (Å²) in [5, 5.41) is 8.57. The van der Waals surface area contributed by atoms with Crippen LogP contribution in [0.2, 0.25) is 0 Å². The molecule has 0 aromatic carbocycles. The van der Waals surface area contributed by atoms with Gasteiger partial charge in [0, 0.05) is 22.6 Å². The van der Waals surface area contributed by atoms with Crippen molar-refractivity contribution in [3.63, 3.8) is 0 Å². The van der Waals surface area contributed by atoms with Crippen LogP contribution in [0.25, 0.3) is 6.08 Å². The normalized spacial score (nSPS) is 11.1. The van der Waals surface area contributed by atoms with Crippen LogP contribution in [0.1, 0.15) is 68.0 Å². The number of unbranched alkanes of at least 4 members (excludes halogenated alkanes) is 4. The van der Waals surface area contributed by atoms with Crippen molar-refractivity contribution in [2.75, 3.05) is 0 Å². The average Bonchev–Trinajstić information content (AvgIpc) is 2.93. The first kappa shape index (κ1) is 18.6. The number of rotatable bonds is 12. The molecule has 22 heavy (non-hydrogen) atoms. The summed E-state index contributed by atoms with van der Waals surface area (Å²) in [5.74, 6) is -0.510. The summed E-state index contributed by atoms with van der Waals surface area (Å²) in [6.07, 6.45) is 11.4. The average molecular weight is 322 g/mol. The number of carbonyl (C=O) groups excluding carboxylic acids is 1. The third kappa shape index (κ3) is 8.78. The Morgan fingerprint density at radius 1 is 1.09 bits per heavy atom. The Balaban J connectivity index is 2.25. The molecule has 0 aliphatic heterocycles. The van der Waals surface area contributed by atoms with Crippen LogP contribution in [0.4, 0.5) is 0 Å². The number of aryl methyl sites for hydroxylation is 1. The van der Waals surface area contributed by atoms with Crippen molar-refractivity contribution in [1.29, 1.82) is 0 Å². The monoisotopic (exact) mass is 322 g/mol. The molecule has 0 saturated carbocycles. The fourth-order valence-electron chi connectivity index (χ4n) is 2.18. The van der Waals surface area contributed by atoms with Crippen molar-refractivity contribution in [2.45, 2.75) is 64.7 Å². The zero-order chi connectivity index (χ0) is 16.2. The highest BCUT2D eigenvalue weighted by atomic mass is 32.1. The molecule has 3 nitrogen and oxygen atoms in total. The fourth-order valence-corrected chi connectivity index (χ4v) is 3.14. The van der Waals surface area contributed by atoms with E-state index in [1.807, 2.05) is 12.1 Å². The van der Waals surface area contributed by atoms with Gasteiger partial charge in [-0.15, -0.1) is 11.3 Å². The number of thiophene rings is 1. The summed E-state index contributed by atoms with van der Waals surface area (Å²) < 4.78 is 0. The molecule has 0 aliphatic carbocycles. The Morgan fingerprint density at radius 3 is 2.59 bits per heavy atom. The van der Waals surface area contributed by atoms with Crippen LogP contribution >= 0.6 is 11.3 Å². The van der Waals surface area contributed by atoms with Gasteiger partial charge < -0.3 is 5.11 Å². The molecule has 0 saturated heterocycles. The zero-order valence-corrected chi connectivity index (χ0v) is 14.2. The lowest BCUT2D eigenvalue weighted by Gasteiger charge is -1.97. The minimum Gasteiger partial charge on any atom is -0.481 e. The van der Waals surface area contributed by atoms with Crippen molar-refractivity contribution in [3.8, 4) is 0 Å². The van der Waals surface area contributed by atoms with Gasteiger partial charge in [0.1, 0.15) is 0 Å². The number of ketones is 1. The third-order valence-corrected chi connectivity index (χ3v) is 4.57. The predicted octanol–water partition coefficient (Wildman–Crippen LogP) is 5.10. The molecule has 4 heteroatoms. The molecule has 0 bridgehead atoms. The molecule has 0 aliphatic rings. The van der Waals surface area contributed by atoms with Crippen LogP contribution < -0.4 is 0 Å². The summed E-state index contributed by atoms with van der Waals surface area (Å²) in [6, 6.07) is 4.15. The van der Waals surface area contributed by atoms with E-state index < -0.39 is 5.97 Å². The molecule has 0 unspecified atom stereocenters. The van der Waals surface area contributed by atoms with Crippen molar-refractivity contribution in [3.05, 3.63) is 28.0 Å². The van der Waals surface area contributed by atoms with Gasteiger partial charge in [0.15, 0.2) is 5.78 Å². The van der Waals surface area contributed by atoms with Gasteiger partial charge in [-0.25, -0.2) is 0 Å². The van der Waals surface area contributed by atoms with Crippen molar-refractivity contribution < 1.29 is 14.7 Å². The van der Waals surface area contributed by atoms with Crippen LogP contribution in [-0.4, -0.2) is 16.9 Å². The summed E-state index contributed by atoms with van der Waals surface area (Å²) in [6.45, 7) is 2.13. The number of hydrogen-bond acceptors (Lipinski definition) is 3. The maximum absolute atomic E-state index is 11.7. The molecule has 1 rings (SSSR count). The molecular weight excluding hydrogens is 296 g/mol. The standard InChI is InChI=1S/C18H26O3S/c1-2-3-5-8-15(19)11-12-17-14-13-16(22-17)9-6-4-7-10-18(20)21/h11-14H,2-10H2,1H3,(H,20,21)/b12-11+. The van der Waals surface area contributed by atoms with Gasteiger partial charge in [-0.3, -0.25) is 9.59 Å². The molecule has 0 fully saturated rings. The quantitative estimate of drug-likeness (QED) is 0.430. The molecule has 1 aromatic rings. The van der Waals surface area contributed by atoms with Crippen LogP contribution in [0.5, 0.6) is 0 Å². The van der Waals surface area contributed by atoms with Gasteiger partial charge in [0.25, 0.3) is 0 Å². The van der Waals surface area contributed by atoms with E-state index in [-0.39, 0.29) is 12.2 Å². The largest absolute Gasteiger partial charge is 0.481 e. The van der Waals surface area contributed by atoms with Crippen LogP contribution in [0.15, 0.2) is 18.2 Å². The highest BCUT2D eigenvalue weighted by Gasteiger charge is 2.01. The Bertz CT molecular complexity index is 488. The number of hydrogen-bond donors (Lipinski definition) is 1. The molecule has 0 atom stereocenters. The number of allylic oxidation sites excluding steroid dienone is 1. The lowest BCUT2D eigenvalue weighted by molar-refractivity contribution is -0.137. The Labute approximate surface area is 137 Å². The summed E-state index contributed by atoms with van der Waals surface area (Å²) in [5.41, 5.74) is 0. The van der Waals surface area contributed by atoms with Crippen LogP contribution in [0.3, 0.4) is 0 Å². The smallest absolute Gasteiger partial charge is 0.303 e. The number of carbonyl (C=O) groups is 2. The lowest BCUT2D eigenvalue weighted by atomic mass is 10.1. The minimum atomic E-state index is -0.716. The lowest BCUT2D eigenvalue weighted by Crippen LogP contribution is -1.93. The molecule has 0 spiro atoms. The highest BCUT2D eigenvalue weighted by Crippen LogP contribution is 2.20. The van der Waals surface area contributed by atoms with Gasteiger partial charge in [0.2, 0.25) is 0 Å². The number of carboxylic acids is 1. The summed E-state index contributed by atoms with van der Waals surface area (Å²) >= 11 is 1.71. The van der Waals surface area contributed by atoms with E-state index in [2.05, 4.69) is 13.0 Å². The Morgan fingerprint density at radius 2 is 1.86 bits per heavy atom. The van der Waals surface area contributed by atoms with E-state index in [1.54, 1.807) is 17.4 Å². The first-order valence-electron chi connectivity index (χ1n) is 8.13. The molecular formula is C18H26O3S. The van der Waals surface area contributed by atoms with Crippen LogP contribution in [0, 0.1) is 0 Å². The molecule has 1 N–H and O–H groups in total. The fraction of sp³-hybridized carbons (Fsp3) is 0.556. The topological polar surface area (TPSA) is 54.4 Å². The number of aliphatic carboxylic acids is 1. The molecule has 122 valence electrons. The SMILES string of the molecule is CCCCCC(=O)/C=C/c1ccc(CCCCCC(=O)O)s1. The first-order valence-corrected chi connectivity index (χ1v) is 8.95. The van der Waals surface area contributed by atoms with Gasteiger partial charge in [-0.1, -0.05) is 26.2 Å². The van der Waals surface area contributed by atoms with Gasteiger partial charge >= 0.3 is 5.97 Å². The van der Waals surface area contributed by atoms with E-state index >= 15 is 0 Å². The Hall–Kier alpha value is -1.42. The van der Waals surface area contributed by atoms with Crippen molar-refractivity contribution in [2.24, 2.45) is 0 Å². The molecule has 0 radical (unpaired) electrons. The first-order chi connectivity index (χ1) is 10.6. The Kier molecular flexibility index (Phi) is 9.47. The number of carboxylic acid groups (broad SMARTS) is 1. The van der Waals surface area contributed by atoms with E-state index in [1.165, 1.54) is 4.88 Å². The van der Waals surface area contributed by atoms with E-state index in [0.717, 1.165) is 49.8 Å². The summed E-state index contributed by atoms with van der Waals surface area (Å²) in [4.78, 5) is 24.5. The second kappa shape index (κ2) is 11.2. The zero-order valence-electron chi connectivity index (χ0n) is 13.3. The third-order valence-electron chi connectivity index (χ3n) is 3.46. The second-order valence-corrected chi connectivity index (χ2v) is 6.72. The highest BCUT2D eigenvalue weighted by molar-refractivity contribution is 7.12. The molecule has 0 amide bonds. The van der Waals surface area contributed by atoms with E-state index in [0.29, 0.717) is 6.42 Å². The van der Waals surface area contributed by atoms with Crippen LogP contribution in [-0.2, 0) is 16.0 Å². The van der Waals surface area contributed by atoms with E-state index in [4.69, 9.17) is 5.11 Å². The predicted molar refractivity (Wildman–Crippen MR) is 92.3 cm³/mol. The van der Waals surface area contributed by atoms with Crippen molar-refractivity contribution >= 4 is 29.2 Å². The van der Waals surface area contributed by atoms with Gasteiger partial charge in [-0.2, -0.15) is 0 Å². The maximum Gasteiger partial charge on any atom is 0.303 e. The second-order valence-electron chi connectivity index (χ2n) is 5.52. The van der Waals surface area contributed by atoms with Crippen molar-refractivity contribution in [1.82, 2.24) is 0 Å².